The zero-order chi connectivity index (χ0) is 15.4. The lowest BCUT2D eigenvalue weighted by molar-refractivity contribution is 0.184. The number of nitrogens with zero attached hydrogens (tertiary/aromatic N) is 1. The number of rotatable bonds is 5. The molecule has 2 N–H and O–H groups in total. The van der Waals surface area contributed by atoms with Crippen LogP contribution in [0.1, 0.15) is 12.0 Å². The molecular formula is C16H26N2O3. The summed E-state index contributed by atoms with van der Waals surface area (Å²) in [4.78, 5) is 2.33. The van der Waals surface area contributed by atoms with Crippen LogP contribution in [0.3, 0.4) is 0 Å². The monoisotopic (exact) mass is 294 g/mol. The zero-order valence-electron chi connectivity index (χ0n) is 13.4. The number of nitrogens with two attached hydrogens (primary N) is 1. The fourth-order valence-electron chi connectivity index (χ4n) is 3.05. The van der Waals surface area contributed by atoms with Gasteiger partial charge in [0.1, 0.15) is 0 Å². The number of hydrogen-bond acceptors (Lipinski definition) is 5. The molecule has 5 nitrogen and oxygen atoms in total. The first kappa shape index (κ1) is 15.9. The van der Waals surface area contributed by atoms with Crippen LogP contribution >= 0.6 is 0 Å². The van der Waals surface area contributed by atoms with Crippen LogP contribution in [-0.4, -0.2) is 52.4 Å². The predicted octanol–water partition coefficient (Wildman–Crippen LogP) is 1.53. The number of likely N-dealkylation sites (tertiary alicyclic amines) is 1. The minimum absolute atomic E-state index is 0.235. The quantitative estimate of drug-likeness (QED) is 0.892. The molecule has 1 aliphatic rings. The fourth-order valence-corrected chi connectivity index (χ4v) is 3.05. The molecule has 2 rings (SSSR count). The van der Waals surface area contributed by atoms with Gasteiger partial charge in [-0.2, -0.15) is 0 Å². The molecule has 118 valence electrons. The Balaban J connectivity index is 2.27. The van der Waals surface area contributed by atoms with Crippen LogP contribution in [-0.2, 0) is 6.42 Å². The molecule has 1 aromatic carbocycles. The molecule has 0 aliphatic carbocycles. The van der Waals surface area contributed by atoms with Gasteiger partial charge in [0, 0.05) is 12.6 Å². The van der Waals surface area contributed by atoms with Crippen molar-refractivity contribution in [1.29, 1.82) is 0 Å². The molecule has 1 saturated heterocycles. The van der Waals surface area contributed by atoms with Gasteiger partial charge in [0.05, 0.1) is 21.3 Å². The second kappa shape index (κ2) is 7.00. The van der Waals surface area contributed by atoms with Gasteiger partial charge < -0.3 is 24.8 Å². The second-order valence-corrected chi connectivity index (χ2v) is 5.67. The maximum atomic E-state index is 6.28. The Labute approximate surface area is 127 Å². The highest BCUT2D eigenvalue weighted by Gasteiger charge is 2.27. The Hall–Kier alpha value is -1.46. The average Bonchev–Trinajstić information content (AvgIpc) is 2.50. The molecule has 0 unspecified atom stereocenters. The van der Waals surface area contributed by atoms with Gasteiger partial charge in [-0.3, -0.25) is 0 Å². The second-order valence-electron chi connectivity index (χ2n) is 5.67. The Morgan fingerprint density at radius 3 is 2.48 bits per heavy atom. The number of methoxy groups -OCH3 is 3. The van der Waals surface area contributed by atoms with Crippen molar-refractivity contribution < 1.29 is 14.2 Å². The minimum Gasteiger partial charge on any atom is -0.493 e. The first-order valence-electron chi connectivity index (χ1n) is 7.32. The molecule has 0 spiro atoms. The lowest BCUT2D eigenvalue weighted by Gasteiger charge is -2.35. The predicted molar refractivity (Wildman–Crippen MR) is 83.4 cm³/mol. The zero-order valence-corrected chi connectivity index (χ0v) is 13.4. The van der Waals surface area contributed by atoms with Crippen molar-refractivity contribution in [2.45, 2.75) is 18.9 Å². The molecule has 0 saturated carbocycles. The van der Waals surface area contributed by atoms with Gasteiger partial charge in [0.15, 0.2) is 11.5 Å². The van der Waals surface area contributed by atoms with Crippen LogP contribution in [0.25, 0.3) is 0 Å². The largest absolute Gasteiger partial charge is 0.493 e. The summed E-state index contributed by atoms with van der Waals surface area (Å²) < 4.78 is 16.3. The van der Waals surface area contributed by atoms with Crippen LogP contribution in [0, 0.1) is 5.92 Å². The van der Waals surface area contributed by atoms with E-state index in [0.29, 0.717) is 17.4 Å². The maximum Gasteiger partial charge on any atom is 0.203 e. The summed E-state index contributed by atoms with van der Waals surface area (Å²) in [5.74, 6) is 2.51. The summed E-state index contributed by atoms with van der Waals surface area (Å²) in [6, 6.07) is 4.20. The summed E-state index contributed by atoms with van der Waals surface area (Å²) in [6.07, 6.45) is 1.92. The fraction of sp³-hybridized carbons (Fsp3) is 0.625. The van der Waals surface area contributed by atoms with E-state index in [1.54, 1.807) is 21.3 Å². The van der Waals surface area contributed by atoms with Gasteiger partial charge in [0.2, 0.25) is 5.75 Å². The van der Waals surface area contributed by atoms with Crippen LogP contribution in [0.15, 0.2) is 12.1 Å². The highest BCUT2D eigenvalue weighted by molar-refractivity contribution is 5.55. The lowest BCUT2D eigenvalue weighted by Crippen LogP contribution is -2.46. The number of hydrogen-bond donors (Lipinski definition) is 1. The van der Waals surface area contributed by atoms with Crippen molar-refractivity contribution in [2.75, 3.05) is 41.5 Å². The van der Waals surface area contributed by atoms with E-state index < -0.39 is 0 Å². The van der Waals surface area contributed by atoms with E-state index in [2.05, 4.69) is 11.9 Å². The molecular weight excluding hydrogens is 268 g/mol. The van der Waals surface area contributed by atoms with E-state index in [9.17, 15) is 0 Å². The first-order chi connectivity index (χ1) is 10.1. The average molecular weight is 294 g/mol. The van der Waals surface area contributed by atoms with Crippen molar-refractivity contribution in [2.24, 2.45) is 11.7 Å². The third-order valence-corrected chi connectivity index (χ3v) is 4.26. The molecule has 2 atom stereocenters. The van der Waals surface area contributed by atoms with Gasteiger partial charge >= 0.3 is 0 Å². The smallest absolute Gasteiger partial charge is 0.203 e. The van der Waals surface area contributed by atoms with Gasteiger partial charge in [-0.15, -0.1) is 0 Å². The molecule has 0 aromatic heterocycles. The molecule has 1 heterocycles. The summed E-state index contributed by atoms with van der Waals surface area (Å²) in [5.41, 5.74) is 7.40. The highest BCUT2D eigenvalue weighted by Crippen LogP contribution is 2.41. The normalized spacial score (nSPS) is 22.9. The summed E-state index contributed by atoms with van der Waals surface area (Å²) in [5, 5.41) is 0. The summed E-state index contributed by atoms with van der Waals surface area (Å²) >= 11 is 0. The van der Waals surface area contributed by atoms with Crippen LogP contribution in [0.2, 0.25) is 0 Å². The molecule has 1 aliphatic heterocycles. The van der Waals surface area contributed by atoms with E-state index in [0.717, 1.165) is 37.2 Å². The van der Waals surface area contributed by atoms with Crippen LogP contribution in [0.4, 0.5) is 0 Å². The minimum atomic E-state index is 0.235. The van der Waals surface area contributed by atoms with E-state index in [1.165, 1.54) is 0 Å². The summed E-state index contributed by atoms with van der Waals surface area (Å²) in [6.45, 7) is 2.08. The van der Waals surface area contributed by atoms with Crippen molar-refractivity contribution in [1.82, 2.24) is 4.90 Å². The molecule has 0 amide bonds. The third kappa shape index (κ3) is 3.41. The van der Waals surface area contributed by atoms with Gasteiger partial charge in [-0.1, -0.05) is 6.07 Å². The molecule has 1 aromatic rings. The number of ether oxygens (including phenoxy) is 3. The highest BCUT2D eigenvalue weighted by atomic mass is 16.5. The third-order valence-electron chi connectivity index (χ3n) is 4.26. The van der Waals surface area contributed by atoms with Gasteiger partial charge in [-0.25, -0.2) is 0 Å². The summed E-state index contributed by atoms with van der Waals surface area (Å²) in [7, 11) is 7.06. The van der Waals surface area contributed by atoms with Crippen molar-refractivity contribution >= 4 is 0 Å². The maximum absolute atomic E-state index is 6.28. The van der Waals surface area contributed by atoms with Crippen LogP contribution in [0.5, 0.6) is 17.2 Å². The standard InChI is InChI=1S/C16H26N2O3/c1-18-8-7-13(17)12(10-18)9-11-5-6-14(19-2)16(21-4)15(11)20-3/h5-6,12-13H,7-10,17H2,1-4H3/t12-,13+/m0/s1. The number of piperidine rings is 1. The van der Waals surface area contributed by atoms with Crippen LogP contribution < -0.4 is 19.9 Å². The van der Waals surface area contributed by atoms with Crippen molar-refractivity contribution in [3.05, 3.63) is 17.7 Å². The SMILES string of the molecule is COc1ccc(C[C@H]2CN(C)CC[C@H]2N)c(OC)c1OC. The van der Waals surface area contributed by atoms with E-state index >= 15 is 0 Å². The molecule has 1 fully saturated rings. The molecule has 5 heteroatoms. The van der Waals surface area contributed by atoms with E-state index in [4.69, 9.17) is 19.9 Å². The number of benzene rings is 1. The van der Waals surface area contributed by atoms with E-state index in [-0.39, 0.29) is 6.04 Å². The first-order valence-corrected chi connectivity index (χ1v) is 7.32. The molecule has 21 heavy (non-hydrogen) atoms. The van der Waals surface area contributed by atoms with Crippen molar-refractivity contribution in [3.8, 4) is 17.2 Å². The molecule has 0 bridgehead atoms. The van der Waals surface area contributed by atoms with Gasteiger partial charge in [-0.05, 0) is 44.0 Å². The Bertz CT molecular complexity index is 479. The Morgan fingerprint density at radius 1 is 1.14 bits per heavy atom. The van der Waals surface area contributed by atoms with Crippen molar-refractivity contribution in [3.63, 3.8) is 0 Å². The molecule has 0 radical (unpaired) electrons. The van der Waals surface area contributed by atoms with Gasteiger partial charge in [0.25, 0.3) is 0 Å². The Kier molecular flexibility index (Phi) is 5.31. The lowest BCUT2D eigenvalue weighted by atomic mass is 9.87. The Morgan fingerprint density at radius 2 is 1.86 bits per heavy atom. The topological polar surface area (TPSA) is 57.0 Å². The van der Waals surface area contributed by atoms with E-state index in [1.807, 2.05) is 12.1 Å².